The van der Waals surface area contributed by atoms with Crippen LogP contribution in [0.3, 0.4) is 0 Å². The summed E-state index contributed by atoms with van der Waals surface area (Å²) in [5.41, 5.74) is 0.791. The standard InChI is InChI=1S/C17H19FN2O4S2/c18-14-6-4-13(5-7-14)10-11-19-25(21,22)16-2-1-3-17(12-16)26(23,24)20-15-8-9-15/h1-7,12,15,19-20H,8-11H2. The highest BCUT2D eigenvalue weighted by Crippen LogP contribution is 2.23. The van der Waals surface area contributed by atoms with Gasteiger partial charge in [-0.05, 0) is 55.2 Å². The second-order valence-electron chi connectivity index (χ2n) is 6.14. The molecule has 140 valence electrons. The lowest BCUT2D eigenvalue weighted by Crippen LogP contribution is -2.28. The molecule has 0 heterocycles. The van der Waals surface area contributed by atoms with Gasteiger partial charge in [-0.15, -0.1) is 0 Å². The Morgan fingerprint density at radius 2 is 1.54 bits per heavy atom. The lowest BCUT2D eigenvalue weighted by molar-refractivity contribution is 0.579. The first kappa shape index (κ1) is 19.0. The van der Waals surface area contributed by atoms with Crippen LogP contribution in [-0.4, -0.2) is 29.4 Å². The Labute approximate surface area is 152 Å². The molecule has 2 aromatic rings. The molecule has 1 aliphatic rings. The second kappa shape index (κ2) is 7.43. The first-order valence-electron chi connectivity index (χ1n) is 8.13. The van der Waals surface area contributed by atoms with Crippen LogP contribution in [0.2, 0.25) is 0 Å². The topological polar surface area (TPSA) is 92.3 Å². The Morgan fingerprint density at radius 3 is 2.15 bits per heavy atom. The van der Waals surface area contributed by atoms with Gasteiger partial charge in [-0.25, -0.2) is 30.7 Å². The van der Waals surface area contributed by atoms with E-state index in [4.69, 9.17) is 0 Å². The minimum absolute atomic E-state index is 0.0610. The molecule has 0 radical (unpaired) electrons. The summed E-state index contributed by atoms with van der Waals surface area (Å²) in [4.78, 5) is -0.193. The maximum absolute atomic E-state index is 12.9. The maximum atomic E-state index is 12.9. The Balaban J connectivity index is 1.68. The fourth-order valence-corrected chi connectivity index (χ4v) is 4.86. The molecule has 9 heteroatoms. The molecular formula is C17H19FN2O4S2. The van der Waals surface area contributed by atoms with Gasteiger partial charge >= 0.3 is 0 Å². The lowest BCUT2D eigenvalue weighted by atomic mass is 10.1. The number of hydrogen-bond acceptors (Lipinski definition) is 4. The zero-order chi connectivity index (χ0) is 18.8. The molecule has 0 amide bonds. The lowest BCUT2D eigenvalue weighted by Gasteiger charge is -2.10. The SMILES string of the molecule is O=S(=O)(NCCc1ccc(F)cc1)c1cccc(S(=O)(=O)NC2CC2)c1. The third-order valence-corrected chi connectivity index (χ3v) is 6.92. The molecule has 0 spiro atoms. The van der Waals surface area contributed by atoms with Crippen molar-refractivity contribution in [3.63, 3.8) is 0 Å². The van der Waals surface area contributed by atoms with Crippen molar-refractivity contribution in [1.29, 1.82) is 0 Å². The van der Waals surface area contributed by atoms with Crippen molar-refractivity contribution in [3.05, 3.63) is 59.9 Å². The van der Waals surface area contributed by atoms with Crippen LogP contribution in [0.25, 0.3) is 0 Å². The van der Waals surface area contributed by atoms with Crippen LogP contribution in [0.5, 0.6) is 0 Å². The minimum Gasteiger partial charge on any atom is -0.211 e. The number of rotatable bonds is 8. The number of halogens is 1. The summed E-state index contributed by atoms with van der Waals surface area (Å²) in [6, 6.07) is 11.0. The third kappa shape index (κ3) is 4.88. The van der Waals surface area contributed by atoms with E-state index in [1.165, 1.54) is 30.3 Å². The van der Waals surface area contributed by atoms with Crippen LogP contribution >= 0.6 is 0 Å². The van der Waals surface area contributed by atoms with Gasteiger partial charge in [-0.2, -0.15) is 0 Å². The summed E-state index contributed by atoms with van der Waals surface area (Å²) >= 11 is 0. The van der Waals surface area contributed by atoms with E-state index >= 15 is 0 Å². The van der Waals surface area contributed by atoms with Crippen molar-refractivity contribution in [2.24, 2.45) is 0 Å². The van der Waals surface area contributed by atoms with Crippen LogP contribution in [0.4, 0.5) is 4.39 Å². The van der Waals surface area contributed by atoms with Crippen LogP contribution in [0.15, 0.2) is 58.3 Å². The largest absolute Gasteiger partial charge is 0.240 e. The van der Waals surface area contributed by atoms with E-state index in [0.29, 0.717) is 6.42 Å². The van der Waals surface area contributed by atoms with Crippen molar-refractivity contribution < 1.29 is 21.2 Å². The van der Waals surface area contributed by atoms with Crippen LogP contribution in [0, 0.1) is 5.82 Å². The molecule has 0 aromatic heterocycles. The van der Waals surface area contributed by atoms with Gasteiger partial charge < -0.3 is 0 Å². The Hall–Kier alpha value is -1.81. The molecule has 1 saturated carbocycles. The quantitative estimate of drug-likeness (QED) is 0.709. The molecule has 1 aliphatic carbocycles. The summed E-state index contributed by atoms with van der Waals surface area (Å²) < 4.78 is 67.1. The molecule has 6 nitrogen and oxygen atoms in total. The van der Waals surface area contributed by atoms with Gasteiger partial charge in [-0.3, -0.25) is 0 Å². The van der Waals surface area contributed by atoms with E-state index in [1.54, 1.807) is 12.1 Å². The van der Waals surface area contributed by atoms with Crippen LogP contribution < -0.4 is 9.44 Å². The molecule has 0 unspecified atom stereocenters. The summed E-state index contributed by atoms with van der Waals surface area (Å²) in [6.07, 6.45) is 1.98. The predicted octanol–water partition coefficient (Wildman–Crippen LogP) is 1.79. The first-order chi connectivity index (χ1) is 12.3. The maximum Gasteiger partial charge on any atom is 0.240 e. The number of benzene rings is 2. The third-order valence-electron chi connectivity index (χ3n) is 3.94. The average Bonchev–Trinajstić information content (AvgIpc) is 3.40. The Kier molecular flexibility index (Phi) is 5.42. The van der Waals surface area contributed by atoms with E-state index in [0.717, 1.165) is 24.5 Å². The number of hydrogen-bond donors (Lipinski definition) is 2. The molecule has 0 atom stereocenters. The van der Waals surface area contributed by atoms with Crippen LogP contribution in [0.1, 0.15) is 18.4 Å². The minimum atomic E-state index is -3.85. The summed E-state index contributed by atoms with van der Waals surface area (Å²) in [5, 5.41) is 0. The predicted molar refractivity (Wildman–Crippen MR) is 95.1 cm³/mol. The molecule has 3 rings (SSSR count). The summed E-state index contributed by atoms with van der Waals surface area (Å²) in [7, 11) is -7.58. The van der Waals surface area contributed by atoms with Gasteiger partial charge in [0.25, 0.3) is 0 Å². The molecule has 26 heavy (non-hydrogen) atoms. The molecule has 0 bridgehead atoms. The van der Waals surface area contributed by atoms with Crippen molar-refractivity contribution in [3.8, 4) is 0 Å². The molecule has 2 N–H and O–H groups in total. The van der Waals surface area contributed by atoms with E-state index in [2.05, 4.69) is 9.44 Å². The van der Waals surface area contributed by atoms with E-state index in [1.807, 2.05) is 0 Å². The smallest absolute Gasteiger partial charge is 0.211 e. The van der Waals surface area contributed by atoms with Gasteiger partial charge in [0.2, 0.25) is 20.0 Å². The average molecular weight is 398 g/mol. The van der Waals surface area contributed by atoms with Crippen molar-refractivity contribution in [2.75, 3.05) is 6.54 Å². The van der Waals surface area contributed by atoms with Gasteiger partial charge in [0.05, 0.1) is 9.79 Å². The van der Waals surface area contributed by atoms with Gasteiger partial charge in [0.15, 0.2) is 0 Å². The first-order valence-corrected chi connectivity index (χ1v) is 11.1. The zero-order valence-electron chi connectivity index (χ0n) is 13.9. The summed E-state index contributed by atoms with van der Waals surface area (Å²) in [5.74, 6) is -0.354. The molecule has 0 saturated heterocycles. The fraction of sp³-hybridized carbons (Fsp3) is 0.294. The molecule has 1 fully saturated rings. The highest BCUT2D eigenvalue weighted by molar-refractivity contribution is 7.90. The van der Waals surface area contributed by atoms with E-state index in [9.17, 15) is 21.2 Å². The highest BCUT2D eigenvalue weighted by atomic mass is 32.2. The summed E-state index contributed by atoms with van der Waals surface area (Å²) in [6.45, 7) is 0.116. The normalized spacial score (nSPS) is 15.1. The molecule has 2 aromatic carbocycles. The Bertz CT molecular complexity index is 986. The number of nitrogens with one attached hydrogen (secondary N) is 2. The van der Waals surface area contributed by atoms with Gasteiger partial charge in [0.1, 0.15) is 5.82 Å². The molecule has 0 aliphatic heterocycles. The van der Waals surface area contributed by atoms with Crippen molar-refractivity contribution in [1.82, 2.24) is 9.44 Å². The monoisotopic (exact) mass is 398 g/mol. The fourth-order valence-electron chi connectivity index (χ4n) is 2.36. The van der Waals surface area contributed by atoms with Crippen LogP contribution in [-0.2, 0) is 26.5 Å². The van der Waals surface area contributed by atoms with E-state index < -0.39 is 20.0 Å². The van der Waals surface area contributed by atoms with Crippen molar-refractivity contribution >= 4 is 20.0 Å². The second-order valence-corrected chi connectivity index (χ2v) is 9.63. The number of sulfonamides is 2. The van der Waals surface area contributed by atoms with Crippen molar-refractivity contribution in [2.45, 2.75) is 35.1 Å². The Morgan fingerprint density at radius 1 is 0.923 bits per heavy atom. The molecular weight excluding hydrogens is 379 g/mol. The van der Waals surface area contributed by atoms with Gasteiger partial charge in [-0.1, -0.05) is 18.2 Å². The highest BCUT2D eigenvalue weighted by Gasteiger charge is 2.28. The van der Waals surface area contributed by atoms with Gasteiger partial charge in [0, 0.05) is 12.6 Å². The zero-order valence-corrected chi connectivity index (χ0v) is 15.5. The van der Waals surface area contributed by atoms with E-state index in [-0.39, 0.29) is 28.2 Å².